The number of ether oxygens (including phenoxy) is 1. The van der Waals surface area contributed by atoms with Crippen LogP contribution >= 0.6 is 0 Å². The molecule has 0 aromatic heterocycles. The molecular weight excluding hydrogens is 300 g/mol. The summed E-state index contributed by atoms with van der Waals surface area (Å²) < 4.78 is 5.79. The lowest BCUT2D eigenvalue weighted by atomic mass is 9.87. The zero-order chi connectivity index (χ0) is 17.5. The number of anilines is 2. The number of fused-ring (bicyclic) bond motifs is 1. The molecule has 0 bridgehead atoms. The molecule has 0 aliphatic carbocycles. The summed E-state index contributed by atoms with van der Waals surface area (Å²) in [4.78, 5) is 14.1. The van der Waals surface area contributed by atoms with Crippen LogP contribution in [0.25, 0.3) is 6.08 Å². The molecule has 0 saturated carbocycles. The SMILES string of the molecule is CN1C(=O)/C(=C\c2ccc(C(C)(C)C)cc2)Oc2cc(N)ccc21. The first-order valence-corrected chi connectivity index (χ1v) is 7.93. The fraction of sp³-hybridized carbons (Fsp3) is 0.250. The number of hydrogen-bond acceptors (Lipinski definition) is 3. The topological polar surface area (TPSA) is 55.6 Å². The highest BCUT2D eigenvalue weighted by Gasteiger charge is 2.27. The maximum absolute atomic E-state index is 12.5. The number of rotatable bonds is 1. The summed E-state index contributed by atoms with van der Waals surface area (Å²) in [5, 5.41) is 0. The smallest absolute Gasteiger partial charge is 0.293 e. The number of benzene rings is 2. The Balaban J connectivity index is 1.94. The first kappa shape index (κ1) is 16.1. The van der Waals surface area contributed by atoms with Crippen LogP contribution in [-0.4, -0.2) is 13.0 Å². The van der Waals surface area contributed by atoms with E-state index >= 15 is 0 Å². The largest absolute Gasteiger partial charge is 0.449 e. The Morgan fingerprint density at radius 1 is 1.08 bits per heavy atom. The number of nitrogens with two attached hydrogens (primary N) is 1. The van der Waals surface area contributed by atoms with Gasteiger partial charge in [-0.25, -0.2) is 0 Å². The third kappa shape index (κ3) is 3.00. The molecule has 0 spiro atoms. The highest BCUT2D eigenvalue weighted by molar-refractivity contribution is 6.09. The molecule has 4 nitrogen and oxygen atoms in total. The number of nitrogens with zero attached hydrogens (tertiary/aromatic N) is 1. The minimum Gasteiger partial charge on any atom is -0.449 e. The van der Waals surface area contributed by atoms with Gasteiger partial charge in [0.15, 0.2) is 11.5 Å². The Morgan fingerprint density at radius 2 is 1.75 bits per heavy atom. The van der Waals surface area contributed by atoms with Crippen LogP contribution in [0, 0.1) is 0 Å². The van der Waals surface area contributed by atoms with Gasteiger partial charge in [0.1, 0.15) is 0 Å². The van der Waals surface area contributed by atoms with Crippen molar-refractivity contribution in [2.45, 2.75) is 26.2 Å². The summed E-state index contributed by atoms with van der Waals surface area (Å²) in [5.74, 6) is 0.709. The van der Waals surface area contributed by atoms with Crippen molar-refractivity contribution in [2.24, 2.45) is 0 Å². The Bertz CT molecular complexity index is 815. The Hall–Kier alpha value is -2.75. The van der Waals surface area contributed by atoms with Gasteiger partial charge in [-0.3, -0.25) is 4.79 Å². The predicted molar refractivity (Wildman–Crippen MR) is 98.0 cm³/mol. The summed E-state index contributed by atoms with van der Waals surface area (Å²) in [6.07, 6.45) is 1.76. The molecule has 1 aliphatic heterocycles. The fourth-order valence-electron chi connectivity index (χ4n) is 2.65. The van der Waals surface area contributed by atoms with E-state index in [0.29, 0.717) is 17.2 Å². The van der Waals surface area contributed by atoms with Crippen molar-refractivity contribution in [3.8, 4) is 5.75 Å². The van der Waals surface area contributed by atoms with E-state index in [0.717, 1.165) is 11.3 Å². The van der Waals surface area contributed by atoms with Gasteiger partial charge in [-0.15, -0.1) is 0 Å². The Morgan fingerprint density at radius 3 is 2.38 bits per heavy atom. The summed E-state index contributed by atoms with van der Waals surface area (Å²) in [6, 6.07) is 13.4. The van der Waals surface area contributed by atoms with Crippen LogP contribution in [0.3, 0.4) is 0 Å². The monoisotopic (exact) mass is 322 g/mol. The molecule has 0 saturated heterocycles. The number of nitrogen functional groups attached to an aromatic ring is 1. The average Bonchev–Trinajstić information content (AvgIpc) is 2.52. The predicted octanol–water partition coefficient (Wildman–Crippen LogP) is 3.96. The lowest BCUT2D eigenvalue weighted by Crippen LogP contribution is -2.33. The maximum atomic E-state index is 12.5. The molecule has 124 valence electrons. The molecule has 2 aromatic carbocycles. The Kier molecular flexibility index (Phi) is 3.84. The number of likely N-dealkylation sites (N-methyl/N-ethyl adjacent to an activating group) is 1. The van der Waals surface area contributed by atoms with E-state index in [4.69, 9.17) is 10.5 Å². The van der Waals surface area contributed by atoms with E-state index < -0.39 is 0 Å². The van der Waals surface area contributed by atoms with E-state index in [-0.39, 0.29) is 11.3 Å². The zero-order valence-electron chi connectivity index (χ0n) is 14.5. The first-order valence-electron chi connectivity index (χ1n) is 7.93. The number of amides is 1. The molecule has 3 rings (SSSR count). The van der Waals surface area contributed by atoms with Crippen LogP contribution < -0.4 is 15.4 Å². The minimum atomic E-state index is -0.174. The van der Waals surface area contributed by atoms with Gasteiger partial charge in [-0.1, -0.05) is 45.0 Å². The van der Waals surface area contributed by atoms with E-state index in [1.807, 2.05) is 12.1 Å². The second-order valence-corrected chi connectivity index (χ2v) is 7.07. The number of carbonyl (C=O) groups excluding carboxylic acids is 1. The van der Waals surface area contributed by atoms with Crippen molar-refractivity contribution in [3.63, 3.8) is 0 Å². The standard InChI is InChI=1S/C20H22N2O2/c1-20(2,3)14-7-5-13(6-8-14)11-18-19(23)22(4)16-10-9-15(21)12-17(16)24-18/h5-12H,21H2,1-4H3/b18-11+. The molecule has 2 aromatic rings. The van der Waals surface area contributed by atoms with Gasteiger partial charge >= 0.3 is 0 Å². The minimum absolute atomic E-state index is 0.0967. The molecule has 1 heterocycles. The summed E-state index contributed by atoms with van der Waals surface area (Å²) in [6.45, 7) is 6.51. The quantitative estimate of drug-likeness (QED) is 0.638. The van der Waals surface area contributed by atoms with Crippen molar-refractivity contribution in [3.05, 3.63) is 59.4 Å². The van der Waals surface area contributed by atoms with Crippen molar-refractivity contribution in [2.75, 3.05) is 17.7 Å². The molecule has 4 heteroatoms. The Labute approximate surface area is 142 Å². The summed E-state index contributed by atoms with van der Waals surface area (Å²) in [7, 11) is 1.73. The summed E-state index contributed by atoms with van der Waals surface area (Å²) in [5.41, 5.74) is 9.40. The lowest BCUT2D eigenvalue weighted by molar-refractivity contribution is -0.117. The second kappa shape index (κ2) is 5.71. The lowest BCUT2D eigenvalue weighted by Gasteiger charge is -2.27. The molecular formula is C20H22N2O2. The first-order chi connectivity index (χ1) is 11.3. The van der Waals surface area contributed by atoms with Crippen LogP contribution in [0.5, 0.6) is 5.75 Å². The van der Waals surface area contributed by atoms with Crippen molar-refractivity contribution >= 4 is 23.4 Å². The number of hydrogen-bond donors (Lipinski definition) is 1. The fourth-order valence-corrected chi connectivity index (χ4v) is 2.65. The molecule has 2 N–H and O–H groups in total. The second-order valence-electron chi connectivity index (χ2n) is 7.07. The number of carbonyl (C=O) groups is 1. The van der Waals surface area contributed by atoms with Gasteiger partial charge in [0, 0.05) is 18.8 Å². The van der Waals surface area contributed by atoms with Crippen molar-refractivity contribution in [1.82, 2.24) is 0 Å². The van der Waals surface area contributed by atoms with Crippen LogP contribution in [0.4, 0.5) is 11.4 Å². The van der Waals surface area contributed by atoms with E-state index in [2.05, 4.69) is 32.9 Å². The molecule has 0 fully saturated rings. The molecule has 0 radical (unpaired) electrons. The zero-order valence-corrected chi connectivity index (χ0v) is 14.5. The van der Waals surface area contributed by atoms with Crippen LogP contribution in [-0.2, 0) is 10.2 Å². The van der Waals surface area contributed by atoms with Gasteiger partial charge in [0.2, 0.25) is 0 Å². The van der Waals surface area contributed by atoms with Crippen molar-refractivity contribution < 1.29 is 9.53 Å². The van der Waals surface area contributed by atoms with Gasteiger partial charge in [-0.2, -0.15) is 0 Å². The van der Waals surface area contributed by atoms with Crippen LogP contribution in [0.15, 0.2) is 48.2 Å². The van der Waals surface area contributed by atoms with Gasteiger partial charge in [-0.05, 0) is 34.8 Å². The average molecular weight is 322 g/mol. The van der Waals surface area contributed by atoms with Crippen LogP contribution in [0.2, 0.25) is 0 Å². The van der Waals surface area contributed by atoms with Gasteiger partial charge in [0.25, 0.3) is 5.91 Å². The normalized spacial score (nSPS) is 16.1. The molecule has 0 atom stereocenters. The van der Waals surface area contributed by atoms with Crippen LogP contribution in [0.1, 0.15) is 31.9 Å². The molecule has 1 amide bonds. The third-order valence-corrected chi connectivity index (χ3v) is 4.16. The van der Waals surface area contributed by atoms with Gasteiger partial charge < -0.3 is 15.4 Å². The van der Waals surface area contributed by atoms with E-state index in [1.165, 1.54) is 5.56 Å². The maximum Gasteiger partial charge on any atom is 0.293 e. The van der Waals surface area contributed by atoms with Crippen molar-refractivity contribution in [1.29, 1.82) is 0 Å². The van der Waals surface area contributed by atoms with Gasteiger partial charge in [0.05, 0.1) is 5.69 Å². The third-order valence-electron chi connectivity index (χ3n) is 4.16. The summed E-state index contributed by atoms with van der Waals surface area (Å²) >= 11 is 0. The molecule has 1 aliphatic rings. The highest BCUT2D eigenvalue weighted by atomic mass is 16.5. The van der Waals surface area contributed by atoms with E-state index in [1.54, 1.807) is 36.2 Å². The highest BCUT2D eigenvalue weighted by Crippen LogP contribution is 2.36. The molecule has 0 unspecified atom stereocenters. The molecule has 24 heavy (non-hydrogen) atoms. The van der Waals surface area contributed by atoms with E-state index in [9.17, 15) is 4.79 Å².